The predicted octanol–water partition coefficient (Wildman–Crippen LogP) is 6.56. The predicted molar refractivity (Wildman–Crippen MR) is 201 cm³/mol. The molecule has 0 saturated heterocycles. The van der Waals surface area contributed by atoms with Crippen molar-refractivity contribution >= 4 is 45.4 Å². The Morgan fingerprint density at radius 3 is 1.39 bits per heavy atom. The Balaban J connectivity index is 1.39. The lowest BCUT2D eigenvalue weighted by Gasteiger charge is -2.36. The maximum Gasteiger partial charge on any atom is 0.311 e. The van der Waals surface area contributed by atoms with Gasteiger partial charge in [-0.25, -0.2) is 19.9 Å². The van der Waals surface area contributed by atoms with E-state index in [0.29, 0.717) is 29.1 Å². The zero-order valence-corrected chi connectivity index (χ0v) is 30.4. The van der Waals surface area contributed by atoms with Crippen molar-refractivity contribution in [1.82, 2.24) is 39.0 Å². The van der Waals surface area contributed by atoms with Gasteiger partial charge in [0.25, 0.3) is 0 Å². The lowest BCUT2D eigenvalue weighted by molar-refractivity contribution is 0.402. The highest BCUT2D eigenvalue weighted by Crippen LogP contribution is 2.42. The first-order valence-corrected chi connectivity index (χ1v) is 17.4. The molecular formula is C40H39BN8O2. The first-order chi connectivity index (χ1) is 24.2. The fourth-order valence-electron chi connectivity index (χ4n) is 7.09. The topological polar surface area (TPSA) is 106 Å². The molecule has 0 N–H and O–H groups in total. The van der Waals surface area contributed by atoms with Gasteiger partial charge < -0.3 is 9.47 Å². The van der Waals surface area contributed by atoms with E-state index in [9.17, 15) is 0 Å². The maximum absolute atomic E-state index is 6.89. The van der Waals surface area contributed by atoms with Gasteiger partial charge in [-0.1, -0.05) is 86.6 Å². The number of rotatable bonds is 2. The molecule has 0 fully saturated rings. The van der Waals surface area contributed by atoms with E-state index in [1.54, 1.807) is 0 Å². The number of hydrogen-bond donors (Lipinski definition) is 0. The summed E-state index contributed by atoms with van der Waals surface area (Å²) < 4.78 is 17.9. The molecule has 51 heavy (non-hydrogen) atoms. The third-order valence-corrected chi connectivity index (χ3v) is 9.77. The van der Waals surface area contributed by atoms with Gasteiger partial charge in [-0.2, -0.15) is 9.97 Å². The van der Waals surface area contributed by atoms with Crippen molar-refractivity contribution in [2.24, 2.45) is 0 Å². The van der Waals surface area contributed by atoms with Crippen LogP contribution in [0, 0.1) is 0 Å². The maximum atomic E-state index is 6.89. The minimum atomic E-state index is -0.483. The first-order valence-electron chi connectivity index (χ1n) is 17.4. The molecule has 7 aromatic rings. The molecule has 0 unspecified atom stereocenters. The van der Waals surface area contributed by atoms with Gasteiger partial charge in [0.1, 0.15) is 41.6 Å². The molecule has 11 heteroatoms. The van der Waals surface area contributed by atoms with E-state index in [0.717, 1.165) is 61.5 Å². The van der Waals surface area contributed by atoms with Gasteiger partial charge in [-0.3, -0.25) is 9.13 Å². The van der Waals surface area contributed by atoms with Crippen LogP contribution in [0.1, 0.15) is 79.3 Å². The zero-order chi connectivity index (χ0) is 35.6. The SMILES string of the molecule is CC(C)(C)c1nc2c3c(n1)Oc1c(C(C)(C)C)cc(-n4cnc5ccccc54)nc1B3c1nc(-n3cnc4ccccc43)cc(C(C)(C)C)c1O2. The largest absolute Gasteiger partial charge is 0.438 e. The van der Waals surface area contributed by atoms with Crippen LogP contribution in [0.3, 0.4) is 0 Å². The van der Waals surface area contributed by atoms with Crippen molar-refractivity contribution in [1.29, 1.82) is 0 Å². The van der Waals surface area contributed by atoms with Gasteiger partial charge in [0.2, 0.25) is 11.8 Å². The summed E-state index contributed by atoms with van der Waals surface area (Å²) in [5.41, 5.74) is 6.95. The Morgan fingerprint density at radius 1 is 0.549 bits per heavy atom. The molecule has 0 aliphatic carbocycles. The summed E-state index contributed by atoms with van der Waals surface area (Å²) >= 11 is 0. The van der Waals surface area contributed by atoms with E-state index < -0.39 is 6.71 Å². The summed E-state index contributed by atoms with van der Waals surface area (Å²) in [4.78, 5) is 30.4. The standard InChI is InChI=1S/C40H39BN8O2/c1-38(2,3)22-18-28(48-20-42-24-14-10-12-16-26(24)48)44-33-31(22)50-35-30-36(47-37(46-35)40(7,8)9)51-32-23(39(4,5)6)19-29(45-34(32)41(30)33)49-21-43-25-15-11-13-17-27(25)49/h10-21H,1-9H3. The van der Waals surface area contributed by atoms with Crippen LogP contribution in [-0.2, 0) is 16.2 Å². The van der Waals surface area contributed by atoms with E-state index >= 15 is 0 Å². The zero-order valence-electron chi connectivity index (χ0n) is 30.4. The molecule has 7 heterocycles. The summed E-state index contributed by atoms with van der Waals surface area (Å²) in [7, 11) is 0. The number of imidazole rings is 2. The Morgan fingerprint density at radius 2 is 0.980 bits per heavy atom. The van der Waals surface area contributed by atoms with Gasteiger partial charge in [0.05, 0.1) is 38.7 Å². The molecule has 0 atom stereocenters. The number of pyridine rings is 2. The van der Waals surface area contributed by atoms with Crippen molar-refractivity contribution in [2.75, 3.05) is 0 Å². The van der Waals surface area contributed by atoms with Gasteiger partial charge in [-0.05, 0) is 47.2 Å². The Hall–Kier alpha value is -5.58. The van der Waals surface area contributed by atoms with Crippen LogP contribution < -0.4 is 26.1 Å². The monoisotopic (exact) mass is 674 g/mol. The van der Waals surface area contributed by atoms with Crippen molar-refractivity contribution in [3.63, 3.8) is 0 Å². The molecule has 2 aliphatic rings. The Kier molecular flexibility index (Phi) is 6.45. The average molecular weight is 675 g/mol. The molecule has 5 aromatic heterocycles. The number of ether oxygens (including phenoxy) is 2. The van der Waals surface area contributed by atoms with Crippen molar-refractivity contribution in [3.8, 4) is 34.9 Å². The number of hydrogen-bond acceptors (Lipinski definition) is 8. The molecule has 0 bridgehead atoms. The average Bonchev–Trinajstić information content (AvgIpc) is 3.71. The van der Waals surface area contributed by atoms with Crippen molar-refractivity contribution in [2.45, 2.75) is 78.6 Å². The molecule has 2 aliphatic heterocycles. The fourth-order valence-corrected chi connectivity index (χ4v) is 7.09. The van der Waals surface area contributed by atoms with Crippen LogP contribution >= 0.6 is 0 Å². The lowest BCUT2D eigenvalue weighted by atomic mass is 9.38. The summed E-state index contributed by atoms with van der Waals surface area (Å²) in [6.45, 7) is 19.0. The molecule has 9 rings (SSSR count). The Bertz CT molecular complexity index is 2400. The summed E-state index contributed by atoms with van der Waals surface area (Å²) in [6, 6.07) is 20.4. The van der Waals surface area contributed by atoms with Gasteiger partial charge in [-0.15, -0.1) is 0 Å². The summed E-state index contributed by atoms with van der Waals surface area (Å²) in [5.74, 6) is 4.44. The van der Waals surface area contributed by atoms with Crippen LogP contribution in [0.2, 0.25) is 0 Å². The first kappa shape index (κ1) is 31.4. The Labute approximate surface area is 297 Å². The second-order valence-corrected chi connectivity index (χ2v) is 16.6. The van der Waals surface area contributed by atoms with Crippen molar-refractivity contribution in [3.05, 3.63) is 90.3 Å². The highest BCUT2D eigenvalue weighted by atomic mass is 16.5. The summed E-state index contributed by atoms with van der Waals surface area (Å²) in [6.07, 6.45) is 3.67. The van der Waals surface area contributed by atoms with E-state index in [-0.39, 0.29) is 16.2 Å². The summed E-state index contributed by atoms with van der Waals surface area (Å²) in [5, 5.41) is 0. The van der Waals surface area contributed by atoms with Crippen LogP contribution in [-0.4, -0.2) is 45.8 Å². The number of nitrogens with zero attached hydrogens (tertiary/aromatic N) is 8. The minimum absolute atomic E-state index is 0.312. The van der Waals surface area contributed by atoms with E-state index in [1.165, 1.54) is 0 Å². The van der Waals surface area contributed by atoms with Crippen molar-refractivity contribution < 1.29 is 9.47 Å². The van der Waals surface area contributed by atoms with Gasteiger partial charge >= 0.3 is 6.71 Å². The molecule has 0 saturated carbocycles. The number of benzene rings is 2. The molecule has 0 radical (unpaired) electrons. The van der Waals surface area contributed by atoms with Crippen LogP contribution in [0.5, 0.6) is 23.3 Å². The fraction of sp³-hybridized carbons (Fsp3) is 0.300. The third kappa shape index (κ3) is 4.85. The number of para-hydroxylation sites is 4. The van der Waals surface area contributed by atoms with Crippen LogP contribution in [0.25, 0.3) is 33.7 Å². The normalized spacial score (nSPS) is 13.9. The lowest BCUT2D eigenvalue weighted by Crippen LogP contribution is -2.61. The van der Waals surface area contributed by atoms with Crippen LogP contribution in [0.15, 0.2) is 73.3 Å². The van der Waals surface area contributed by atoms with Gasteiger partial charge in [0, 0.05) is 16.5 Å². The second kappa shape index (κ2) is 10.5. The highest BCUT2D eigenvalue weighted by molar-refractivity contribution is 6.97. The smallest absolute Gasteiger partial charge is 0.311 e. The molecule has 0 spiro atoms. The van der Waals surface area contributed by atoms with E-state index in [4.69, 9.17) is 39.4 Å². The molecular weight excluding hydrogens is 635 g/mol. The van der Waals surface area contributed by atoms with E-state index in [2.05, 4.69) is 86.6 Å². The molecule has 0 amide bonds. The molecule has 254 valence electrons. The highest BCUT2D eigenvalue weighted by Gasteiger charge is 2.48. The van der Waals surface area contributed by atoms with E-state index in [1.807, 2.05) is 58.2 Å². The molecule has 2 aromatic carbocycles. The third-order valence-electron chi connectivity index (χ3n) is 9.77. The quantitative estimate of drug-likeness (QED) is 0.190. The molecule has 10 nitrogen and oxygen atoms in total. The number of fused-ring (bicyclic) bond motifs is 6. The number of aromatic nitrogens is 8. The van der Waals surface area contributed by atoms with Crippen LogP contribution in [0.4, 0.5) is 0 Å². The van der Waals surface area contributed by atoms with Gasteiger partial charge in [0.15, 0.2) is 0 Å². The second-order valence-electron chi connectivity index (χ2n) is 16.6. The minimum Gasteiger partial charge on any atom is -0.438 e.